The van der Waals surface area contributed by atoms with Crippen LogP contribution in [-0.2, 0) is 9.59 Å². The molecule has 0 spiro atoms. The molecule has 1 saturated heterocycles. The molecule has 1 aliphatic heterocycles. The molecule has 1 fully saturated rings. The number of amides is 2. The van der Waals surface area contributed by atoms with Crippen LogP contribution in [0.2, 0.25) is 0 Å². The third-order valence-electron chi connectivity index (χ3n) is 3.65. The minimum Gasteiger partial charge on any atom is -0.340 e. The van der Waals surface area contributed by atoms with Crippen LogP contribution in [0.1, 0.15) is 40.5 Å². The van der Waals surface area contributed by atoms with Gasteiger partial charge in [0.05, 0.1) is 6.42 Å². The quantitative estimate of drug-likeness (QED) is 0.863. The van der Waals surface area contributed by atoms with Gasteiger partial charge in [0, 0.05) is 6.54 Å². The molecule has 0 radical (unpaired) electrons. The van der Waals surface area contributed by atoms with E-state index >= 15 is 0 Å². The Morgan fingerprint density at radius 1 is 1.35 bits per heavy atom. The minimum absolute atomic E-state index is 0.191. The van der Waals surface area contributed by atoms with E-state index in [9.17, 15) is 22.8 Å². The Hall–Kier alpha value is -1.27. The van der Waals surface area contributed by atoms with E-state index in [2.05, 4.69) is 5.32 Å². The van der Waals surface area contributed by atoms with Crippen LogP contribution in [0.15, 0.2) is 0 Å². The van der Waals surface area contributed by atoms with Gasteiger partial charge in [0.25, 0.3) is 0 Å². The molecule has 2 atom stereocenters. The van der Waals surface area contributed by atoms with Crippen LogP contribution in [0.5, 0.6) is 0 Å². The van der Waals surface area contributed by atoms with E-state index in [0.717, 1.165) is 4.90 Å². The Labute approximate surface area is 116 Å². The summed E-state index contributed by atoms with van der Waals surface area (Å²) in [4.78, 5) is 25.5. The van der Waals surface area contributed by atoms with E-state index < -0.39 is 36.6 Å². The third kappa shape index (κ3) is 3.64. The summed E-state index contributed by atoms with van der Waals surface area (Å²) < 4.78 is 37.2. The molecule has 2 amide bonds. The van der Waals surface area contributed by atoms with E-state index in [1.807, 2.05) is 6.92 Å². The van der Waals surface area contributed by atoms with Gasteiger partial charge >= 0.3 is 6.18 Å². The molecule has 0 aromatic rings. The van der Waals surface area contributed by atoms with Gasteiger partial charge in [0.2, 0.25) is 11.8 Å². The van der Waals surface area contributed by atoms with Crippen LogP contribution >= 0.6 is 0 Å². The summed E-state index contributed by atoms with van der Waals surface area (Å²) in [5.74, 6) is -1.04. The second kappa shape index (κ2) is 5.61. The first-order valence-corrected chi connectivity index (χ1v) is 6.69. The Bertz CT molecular complexity index is 394. The topological polar surface area (TPSA) is 49.4 Å². The Morgan fingerprint density at radius 2 is 1.90 bits per heavy atom. The van der Waals surface area contributed by atoms with Crippen molar-refractivity contribution in [2.24, 2.45) is 5.92 Å². The van der Waals surface area contributed by atoms with Crippen molar-refractivity contribution in [3.8, 4) is 0 Å². The van der Waals surface area contributed by atoms with Crippen LogP contribution in [-0.4, -0.2) is 41.0 Å². The van der Waals surface area contributed by atoms with Crippen molar-refractivity contribution < 1.29 is 22.8 Å². The van der Waals surface area contributed by atoms with Crippen molar-refractivity contribution in [2.75, 3.05) is 6.54 Å². The second-order valence-corrected chi connectivity index (χ2v) is 5.81. The van der Waals surface area contributed by atoms with Crippen LogP contribution in [0, 0.1) is 5.92 Å². The first-order valence-electron chi connectivity index (χ1n) is 6.69. The van der Waals surface area contributed by atoms with Crippen LogP contribution in [0.4, 0.5) is 13.2 Å². The molecule has 7 heteroatoms. The summed E-state index contributed by atoms with van der Waals surface area (Å²) in [6.07, 6.45) is -4.85. The summed E-state index contributed by atoms with van der Waals surface area (Å²) in [6, 6.07) is -0.831. The molecule has 2 unspecified atom stereocenters. The molecule has 1 N–H and O–H groups in total. The predicted molar refractivity (Wildman–Crippen MR) is 67.8 cm³/mol. The van der Waals surface area contributed by atoms with Crippen LogP contribution in [0.3, 0.4) is 0 Å². The fourth-order valence-corrected chi connectivity index (χ4v) is 2.34. The van der Waals surface area contributed by atoms with Crippen LogP contribution in [0.25, 0.3) is 0 Å². The normalized spacial score (nSPS) is 24.6. The molecule has 1 heterocycles. The average Bonchev–Trinajstić information content (AvgIpc) is 2.29. The first-order chi connectivity index (χ1) is 8.99. The number of rotatable bonds is 4. The second-order valence-electron chi connectivity index (χ2n) is 5.81. The van der Waals surface area contributed by atoms with Gasteiger partial charge in [-0.1, -0.05) is 20.3 Å². The SMILES string of the molecule is CCC(C)C1C(=O)NC(C)(C)C(=O)N1CCC(F)(F)F. The highest BCUT2D eigenvalue weighted by atomic mass is 19.4. The van der Waals surface area contributed by atoms with E-state index in [1.54, 1.807) is 6.92 Å². The van der Waals surface area contributed by atoms with Gasteiger partial charge < -0.3 is 10.2 Å². The monoisotopic (exact) mass is 294 g/mol. The maximum absolute atomic E-state index is 12.4. The molecule has 116 valence electrons. The lowest BCUT2D eigenvalue weighted by Gasteiger charge is -2.45. The van der Waals surface area contributed by atoms with Crippen LogP contribution < -0.4 is 5.32 Å². The number of piperazine rings is 1. The standard InChI is InChI=1S/C13H21F3N2O2/c1-5-8(2)9-10(19)17-12(3,4)11(20)18(9)7-6-13(14,15)16/h8-9H,5-7H2,1-4H3,(H,17,19). The zero-order chi connectivity index (χ0) is 15.7. The predicted octanol–water partition coefficient (Wildman–Crippen LogP) is 2.09. The molecule has 0 bridgehead atoms. The minimum atomic E-state index is -4.35. The highest BCUT2D eigenvalue weighted by Crippen LogP contribution is 2.27. The average molecular weight is 294 g/mol. The van der Waals surface area contributed by atoms with Gasteiger partial charge in [0.15, 0.2) is 0 Å². The lowest BCUT2D eigenvalue weighted by atomic mass is 9.89. The van der Waals surface area contributed by atoms with Gasteiger partial charge in [-0.3, -0.25) is 9.59 Å². The van der Waals surface area contributed by atoms with Gasteiger partial charge in [-0.15, -0.1) is 0 Å². The Kier molecular flexibility index (Phi) is 4.71. The summed E-state index contributed by atoms with van der Waals surface area (Å²) >= 11 is 0. The van der Waals surface area contributed by atoms with Gasteiger partial charge in [0.1, 0.15) is 11.6 Å². The third-order valence-corrected chi connectivity index (χ3v) is 3.65. The fraction of sp³-hybridized carbons (Fsp3) is 0.846. The number of nitrogens with zero attached hydrogens (tertiary/aromatic N) is 1. The highest BCUT2D eigenvalue weighted by Gasteiger charge is 2.47. The number of nitrogens with one attached hydrogen (secondary N) is 1. The van der Waals surface area contributed by atoms with Gasteiger partial charge in [-0.05, 0) is 19.8 Å². The molecular weight excluding hydrogens is 273 g/mol. The molecule has 0 aromatic carbocycles. The van der Waals surface area contributed by atoms with Crippen molar-refractivity contribution in [1.82, 2.24) is 10.2 Å². The summed E-state index contributed by atoms with van der Waals surface area (Å²) in [5.41, 5.74) is -1.16. The molecule has 1 aliphatic rings. The molecule has 0 aromatic heterocycles. The number of halogens is 3. The van der Waals surface area contributed by atoms with E-state index in [0.29, 0.717) is 6.42 Å². The van der Waals surface area contributed by atoms with Gasteiger partial charge in [-0.25, -0.2) is 0 Å². The first kappa shape index (κ1) is 16.8. The zero-order valence-corrected chi connectivity index (χ0v) is 12.2. The van der Waals surface area contributed by atoms with Crippen molar-refractivity contribution in [1.29, 1.82) is 0 Å². The molecule has 0 saturated carbocycles. The van der Waals surface area contributed by atoms with Crippen molar-refractivity contribution in [3.63, 3.8) is 0 Å². The number of hydrogen-bond donors (Lipinski definition) is 1. The lowest BCUT2D eigenvalue weighted by Crippen LogP contribution is -2.69. The van der Waals surface area contributed by atoms with E-state index in [-0.39, 0.29) is 11.8 Å². The van der Waals surface area contributed by atoms with Crippen molar-refractivity contribution in [2.45, 2.75) is 58.3 Å². The molecule has 20 heavy (non-hydrogen) atoms. The number of carbonyl (C=O) groups excluding carboxylic acids is 2. The van der Waals surface area contributed by atoms with Crippen molar-refractivity contribution >= 4 is 11.8 Å². The number of carbonyl (C=O) groups is 2. The summed E-state index contributed by atoms with van der Waals surface area (Å²) in [7, 11) is 0. The maximum atomic E-state index is 12.4. The summed E-state index contributed by atoms with van der Waals surface area (Å²) in [6.45, 7) is 6.12. The zero-order valence-electron chi connectivity index (χ0n) is 12.2. The van der Waals surface area contributed by atoms with E-state index in [1.165, 1.54) is 13.8 Å². The van der Waals surface area contributed by atoms with E-state index in [4.69, 9.17) is 0 Å². The number of alkyl halides is 3. The molecule has 0 aliphatic carbocycles. The van der Waals surface area contributed by atoms with Gasteiger partial charge in [-0.2, -0.15) is 13.2 Å². The molecular formula is C13H21F3N2O2. The summed E-state index contributed by atoms with van der Waals surface area (Å²) in [5, 5.41) is 2.59. The highest BCUT2D eigenvalue weighted by molar-refractivity contribution is 5.99. The molecule has 4 nitrogen and oxygen atoms in total. The Morgan fingerprint density at radius 3 is 2.35 bits per heavy atom. The Balaban J connectivity index is 3.00. The largest absolute Gasteiger partial charge is 0.390 e. The lowest BCUT2D eigenvalue weighted by molar-refractivity contribution is -0.163. The maximum Gasteiger partial charge on any atom is 0.390 e. The van der Waals surface area contributed by atoms with Crippen molar-refractivity contribution in [3.05, 3.63) is 0 Å². The number of hydrogen-bond acceptors (Lipinski definition) is 2. The molecule has 1 rings (SSSR count). The fourth-order valence-electron chi connectivity index (χ4n) is 2.34. The smallest absolute Gasteiger partial charge is 0.340 e.